The fourth-order valence-corrected chi connectivity index (χ4v) is 2.41. The number of ether oxygens (including phenoxy) is 1. The Labute approximate surface area is 97.0 Å². The van der Waals surface area contributed by atoms with E-state index in [1.54, 1.807) is 0 Å². The summed E-state index contributed by atoms with van der Waals surface area (Å²) in [6, 6.07) is 0.519. The van der Waals surface area contributed by atoms with Crippen LogP contribution in [0.4, 0.5) is 0 Å². The standard InChI is InChI=1S/C12H21N3O/c1-13-11(10-3-7-16-8-4-10)9-12-14-5-6-15(12)2/h5-6,10-11,13H,3-4,7-9H2,1-2H3. The SMILES string of the molecule is CNC(Cc1nccn1C)C1CCOCC1. The molecule has 0 aromatic carbocycles. The summed E-state index contributed by atoms with van der Waals surface area (Å²) < 4.78 is 7.51. The molecule has 2 rings (SSSR count). The monoisotopic (exact) mass is 223 g/mol. The zero-order chi connectivity index (χ0) is 11.4. The molecular formula is C12H21N3O. The van der Waals surface area contributed by atoms with Crippen molar-refractivity contribution in [1.29, 1.82) is 0 Å². The second kappa shape index (κ2) is 5.46. The number of rotatable bonds is 4. The topological polar surface area (TPSA) is 39.1 Å². The summed E-state index contributed by atoms with van der Waals surface area (Å²) in [5.41, 5.74) is 0. The van der Waals surface area contributed by atoms with Crippen LogP contribution in [0.5, 0.6) is 0 Å². The minimum atomic E-state index is 0.519. The van der Waals surface area contributed by atoms with Crippen LogP contribution in [-0.2, 0) is 18.2 Å². The van der Waals surface area contributed by atoms with Crippen LogP contribution in [0.25, 0.3) is 0 Å². The van der Waals surface area contributed by atoms with Crippen molar-refractivity contribution in [2.45, 2.75) is 25.3 Å². The largest absolute Gasteiger partial charge is 0.381 e. The fourth-order valence-electron chi connectivity index (χ4n) is 2.41. The molecule has 1 aromatic heterocycles. The van der Waals surface area contributed by atoms with Gasteiger partial charge in [-0.25, -0.2) is 4.98 Å². The van der Waals surface area contributed by atoms with Gasteiger partial charge in [-0.05, 0) is 25.8 Å². The van der Waals surface area contributed by atoms with Gasteiger partial charge in [0, 0.05) is 45.1 Å². The number of aromatic nitrogens is 2. The lowest BCUT2D eigenvalue weighted by Gasteiger charge is -2.29. The van der Waals surface area contributed by atoms with Crippen LogP contribution in [0, 0.1) is 5.92 Å². The fraction of sp³-hybridized carbons (Fsp3) is 0.750. The Balaban J connectivity index is 1.97. The molecule has 0 radical (unpaired) electrons. The molecule has 0 aliphatic carbocycles. The number of aryl methyl sites for hydroxylation is 1. The predicted molar refractivity (Wildman–Crippen MR) is 63.3 cm³/mol. The second-order valence-corrected chi connectivity index (χ2v) is 4.50. The maximum Gasteiger partial charge on any atom is 0.109 e. The van der Waals surface area contributed by atoms with E-state index in [1.807, 2.05) is 19.4 Å². The highest BCUT2D eigenvalue weighted by Gasteiger charge is 2.23. The van der Waals surface area contributed by atoms with Gasteiger partial charge < -0.3 is 14.6 Å². The summed E-state index contributed by atoms with van der Waals surface area (Å²) in [4.78, 5) is 4.39. The van der Waals surface area contributed by atoms with Gasteiger partial charge in [0.2, 0.25) is 0 Å². The molecule has 1 atom stereocenters. The van der Waals surface area contributed by atoms with E-state index in [0.717, 1.165) is 44.2 Å². The molecule has 1 aromatic rings. The Morgan fingerprint density at radius 2 is 2.31 bits per heavy atom. The molecule has 1 saturated heterocycles. The Hall–Kier alpha value is -0.870. The molecule has 1 N–H and O–H groups in total. The molecule has 0 saturated carbocycles. The van der Waals surface area contributed by atoms with E-state index < -0.39 is 0 Å². The quantitative estimate of drug-likeness (QED) is 0.827. The number of nitrogens with one attached hydrogen (secondary N) is 1. The third-order valence-corrected chi connectivity index (χ3v) is 3.53. The average molecular weight is 223 g/mol. The van der Waals surface area contributed by atoms with Crippen molar-refractivity contribution >= 4 is 0 Å². The zero-order valence-corrected chi connectivity index (χ0v) is 10.1. The maximum atomic E-state index is 5.40. The van der Waals surface area contributed by atoms with E-state index >= 15 is 0 Å². The third-order valence-electron chi connectivity index (χ3n) is 3.53. The van der Waals surface area contributed by atoms with Crippen molar-refractivity contribution < 1.29 is 4.74 Å². The number of hydrogen-bond acceptors (Lipinski definition) is 3. The smallest absolute Gasteiger partial charge is 0.109 e. The van der Waals surface area contributed by atoms with E-state index in [9.17, 15) is 0 Å². The minimum absolute atomic E-state index is 0.519. The Morgan fingerprint density at radius 3 is 2.88 bits per heavy atom. The maximum absolute atomic E-state index is 5.40. The Bertz CT molecular complexity index is 318. The molecule has 2 heterocycles. The van der Waals surface area contributed by atoms with E-state index in [0.29, 0.717) is 6.04 Å². The second-order valence-electron chi connectivity index (χ2n) is 4.50. The van der Waals surface area contributed by atoms with Crippen LogP contribution in [0.3, 0.4) is 0 Å². The third kappa shape index (κ3) is 2.62. The first-order valence-electron chi connectivity index (χ1n) is 6.02. The highest BCUT2D eigenvalue weighted by Crippen LogP contribution is 2.20. The van der Waals surface area contributed by atoms with Gasteiger partial charge >= 0.3 is 0 Å². The van der Waals surface area contributed by atoms with Crippen LogP contribution >= 0.6 is 0 Å². The first-order valence-corrected chi connectivity index (χ1v) is 6.02. The van der Waals surface area contributed by atoms with Crippen LogP contribution < -0.4 is 5.32 Å². The highest BCUT2D eigenvalue weighted by atomic mass is 16.5. The van der Waals surface area contributed by atoms with Gasteiger partial charge in [-0.1, -0.05) is 0 Å². The van der Waals surface area contributed by atoms with Crippen LogP contribution in [0.15, 0.2) is 12.4 Å². The summed E-state index contributed by atoms with van der Waals surface area (Å²) in [5, 5.41) is 3.43. The highest BCUT2D eigenvalue weighted by molar-refractivity contribution is 4.96. The number of imidazole rings is 1. The molecule has 1 aliphatic rings. The molecule has 1 fully saturated rings. The van der Waals surface area contributed by atoms with Crippen molar-refractivity contribution in [3.05, 3.63) is 18.2 Å². The first-order chi connectivity index (χ1) is 7.81. The summed E-state index contributed by atoms with van der Waals surface area (Å²) in [6.07, 6.45) is 7.20. The van der Waals surface area contributed by atoms with Gasteiger partial charge in [-0.2, -0.15) is 0 Å². The van der Waals surface area contributed by atoms with Crippen molar-refractivity contribution in [1.82, 2.24) is 14.9 Å². The molecule has 0 spiro atoms. The van der Waals surface area contributed by atoms with Gasteiger partial charge in [0.1, 0.15) is 5.82 Å². The molecule has 4 heteroatoms. The van der Waals surface area contributed by atoms with Gasteiger partial charge in [0.25, 0.3) is 0 Å². The first kappa shape index (κ1) is 11.6. The minimum Gasteiger partial charge on any atom is -0.381 e. The molecule has 0 bridgehead atoms. The lowest BCUT2D eigenvalue weighted by molar-refractivity contribution is 0.0544. The molecule has 90 valence electrons. The number of likely N-dealkylation sites (N-methyl/N-ethyl adjacent to an activating group) is 1. The van der Waals surface area contributed by atoms with E-state index in [2.05, 4.69) is 21.9 Å². The van der Waals surface area contributed by atoms with Crippen LogP contribution in [-0.4, -0.2) is 35.9 Å². The Kier molecular flexibility index (Phi) is 3.96. The lowest BCUT2D eigenvalue weighted by Crippen LogP contribution is -2.39. The zero-order valence-electron chi connectivity index (χ0n) is 10.1. The molecule has 4 nitrogen and oxygen atoms in total. The van der Waals surface area contributed by atoms with Crippen LogP contribution in [0.1, 0.15) is 18.7 Å². The number of hydrogen-bond donors (Lipinski definition) is 1. The summed E-state index contributed by atoms with van der Waals surface area (Å²) >= 11 is 0. The lowest BCUT2D eigenvalue weighted by atomic mass is 9.89. The van der Waals surface area contributed by atoms with Gasteiger partial charge in [0.15, 0.2) is 0 Å². The summed E-state index contributed by atoms with van der Waals surface area (Å²) in [6.45, 7) is 1.81. The summed E-state index contributed by atoms with van der Waals surface area (Å²) in [5.74, 6) is 1.88. The molecular weight excluding hydrogens is 202 g/mol. The van der Waals surface area contributed by atoms with Crippen molar-refractivity contribution in [2.75, 3.05) is 20.3 Å². The predicted octanol–water partition coefficient (Wildman–Crippen LogP) is 0.977. The molecule has 0 amide bonds. The van der Waals surface area contributed by atoms with Crippen LogP contribution in [0.2, 0.25) is 0 Å². The van der Waals surface area contributed by atoms with E-state index in [4.69, 9.17) is 4.74 Å². The van der Waals surface area contributed by atoms with Gasteiger partial charge in [0.05, 0.1) is 0 Å². The van der Waals surface area contributed by atoms with Gasteiger partial charge in [-0.3, -0.25) is 0 Å². The van der Waals surface area contributed by atoms with Gasteiger partial charge in [-0.15, -0.1) is 0 Å². The van der Waals surface area contributed by atoms with Crippen molar-refractivity contribution in [3.8, 4) is 0 Å². The van der Waals surface area contributed by atoms with E-state index in [1.165, 1.54) is 0 Å². The van der Waals surface area contributed by atoms with Crippen molar-refractivity contribution in [2.24, 2.45) is 13.0 Å². The number of nitrogens with zero attached hydrogens (tertiary/aromatic N) is 2. The molecule has 1 unspecified atom stereocenters. The molecule has 16 heavy (non-hydrogen) atoms. The molecule has 1 aliphatic heterocycles. The average Bonchev–Trinajstić information content (AvgIpc) is 2.73. The summed E-state index contributed by atoms with van der Waals surface area (Å²) in [7, 11) is 4.10. The van der Waals surface area contributed by atoms with E-state index in [-0.39, 0.29) is 0 Å². The Morgan fingerprint density at radius 1 is 1.56 bits per heavy atom. The van der Waals surface area contributed by atoms with Crippen molar-refractivity contribution in [3.63, 3.8) is 0 Å². The normalized spacial score (nSPS) is 19.9.